The van der Waals surface area contributed by atoms with Crippen LogP contribution >= 0.6 is 0 Å². The van der Waals surface area contributed by atoms with Gasteiger partial charge < -0.3 is 18.9 Å². The van der Waals surface area contributed by atoms with Crippen molar-refractivity contribution in [3.8, 4) is 11.5 Å². The second kappa shape index (κ2) is 15.6. The van der Waals surface area contributed by atoms with E-state index in [9.17, 15) is 4.79 Å². The van der Waals surface area contributed by atoms with Crippen LogP contribution in [-0.2, 0) is 33.9 Å². The van der Waals surface area contributed by atoms with E-state index in [1.54, 1.807) is 14.2 Å². The smallest absolute Gasteiger partial charge is 0.142 e. The topological polar surface area (TPSA) is 54.0 Å². The van der Waals surface area contributed by atoms with Crippen LogP contribution in [0, 0.1) is 0 Å². The highest BCUT2D eigenvalue weighted by Gasteiger charge is 2.18. The molecule has 3 aromatic rings. The molecule has 3 aromatic carbocycles. The Kier molecular flexibility index (Phi) is 11.7. The number of ether oxygens (including phenoxy) is 4. The Hall–Kier alpha value is -3.41. The number of methoxy groups -OCH3 is 2. The average molecular weight is 489 g/mol. The van der Waals surface area contributed by atoms with E-state index in [2.05, 4.69) is 24.3 Å². The first-order chi connectivity index (χ1) is 17.7. The minimum Gasteiger partial charge on any atom is -0.497 e. The van der Waals surface area contributed by atoms with Gasteiger partial charge in [0.15, 0.2) is 0 Å². The van der Waals surface area contributed by atoms with Crippen molar-refractivity contribution in [2.75, 3.05) is 14.2 Å². The maximum Gasteiger partial charge on any atom is 0.142 e. The van der Waals surface area contributed by atoms with Gasteiger partial charge in [0, 0.05) is 6.42 Å². The van der Waals surface area contributed by atoms with E-state index in [1.165, 1.54) is 11.6 Å². The summed E-state index contributed by atoms with van der Waals surface area (Å²) in [7, 11) is 3.32. The minimum atomic E-state index is -0.0834. The molecule has 0 radical (unpaired) electrons. The summed E-state index contributed by atoms with van der Waals surface area (Å²) in [4.78, 5) is 10.8. The Morgan fingerprint density at radius 2 is 1.25 bits per heavy atom. The van der Waals surface area contributed by atoms with Gasteiger partial charge in [0.2, 0.25) is 0 Å². The van der Waals surface area contributed by atoms with Crippen LogP contribution in [0.1, 0.15) is 36.0 Å². The molecule has 0 aromatic heterocycles. The molecule has 190 valence electrons. The summed E-state index contributed by atoms with van der Waals surface area (Å²) in [6.45, 7) is 0.992. The van der Waals surface area contributed by atoms with Crippen LogP contribution in [0.5, 0.6) is 11.5 Å². The largest absolute Gasteiger partial charge is 0.497 e. The first-order valence-corrected chi connectivity index (χ1v) is 12.3. The number of hydrogen-bond acceptors (Lipinski definition) is 5. The van der Waals surface area contributed by atoms with Crippen molar-refractivity contribution >= 4 is 6.29 Å². The number of aryl methyl sites for hydroxylation is 1. The summed E-state index contributed by atoms with van der Waals surface area (Å²) < 4.78 is 23.2. The minimum absolute atomic E-state index is 0.00203. The van der Waals surface area contributed by atoms with Gasteiger partial charge in [-0.3, -0.25) is 4.79 Å². The Morgan fingerprint density at radius 3 is 1.78 bits per heavy atom. The van der Waals surface area contributed by atoms with Gasteiger partial charge in [-0.1, -0.05) is 60.7 Å². The Labute approximate surface area is 214 Å². The van der Waals surface area contributed by atoms with Gasteiger partial charge >= 0.3 is 0 Å². The molecule has 0 heterocycles. The highest BCUT2D eigenvalue weighted by atomic mass is 16.5. The first-order valence-electron chi connectivity index (χ1n) is 12.3. The van der Waals surface area contributed by atoms with E-state index in [0.717, 1.165) is 48.2 Å². The van der Waals surface area contributed by atoms with Crippen LogP contribution < -0.4 is 9.47 Å². The highest BCUT2D eigenvalue weighted by molar-refractivity contribution is 5.64. The van der Waals surface area contributed by atoms with Crippen LogP contribution in [-0.4, -0.2) is 32.7 Å². The normalized spacial score (nSPS) is 12.8. The third kappa shape index (κ3) is 9.68. The first kappa shape index (κ1) is 27.2. The molecule has 5 nitrogen and oxygen atoms in total. The zero-order valence-corrected chi connectivity index (χ0v) is 21.2. The van der Waals surface area contributed by atoms with Crippen LogP contribution in [0.25, 0.3) is 0 Å². The molecule has 0 aliphatic rings. The van der Waals surface area contributed by atoms with Crippen molar-refractivity contribution in [3.05, 3.63) is 108 Å². The van der Waals surface area contributed by atoms with Crippen molar-refractivity contribution in [2.45, 2.75) is 51.1 Å². The van der Waals surface area contributed by atoms with E-state index >= 15 is 0 Å². The molecule has 0 amide bonds. The zero-order valence-electron chi connectivity index (χ0n) is 21.2. The number of benzene rings is 3. The van der Waals surface area contributed by atoms with Gasteiger partial charge in [-0.25, -0.2) is 0 Å². The lowest BCUT2D eigenvalue weighted by Crippen LogP contribution is -2.24. The molecule has 0 saturated carbocycles. The van der Waals surface area contributed by atoms with Gasteiger partial charge in [-0.2, -0.15) is 0 Å². The Balaban J connectivity index is 1.66. The second-order valence-corrected chi connectivity index (χ2v) is 8.62. The van der Waals surface area contributed by atoms with Crippen molar-refractivity contribution in [3.63, 3.8) is 0 Å². The van der Waals surface area contributed by atoms with Crippen LogP contribution in [0.3, 0.4) is 0 Å². The molecule has 0 unspecified atom stereocenters. The standard InChI is InChI=1S/C31H36O5/c1-33-28-16-12-26(13-17-28)23-35-30(10-6-7-21-32)22-31(20-11-25-8-4-3-5-9-25)36-24-27-14-18-29(34-2)19-15-27/h3-9,12-19,21,30-31H,10-11,20,22-24H2,1-2H3/b7-6+/t30-,31-/m0/s1. The molecular weight excluding hydrogens is 452 g/mol. The summed E-state index contributed by atoms with van der Waals surface area (Å²) in [5.41, 5.74) is 3.45. The molecule has 0 bridgehead atoms. The van der Waals surface area contributed by atoms with Gasteiger partial charge in [0.25, 0.3) is 0 Å². The zero-order chi connectivity index (χ0) is 25.4. The van der Waals surface area contributed by atoms with Crippen molar-refractivity contribution < 1.29 is 23.7 Å². The predicted molar refractivity (Wildman–Crippen MR) is 142 cm³/mol. The highest BCUT2D eigenvalue weighted by Crippen LogP contribution is 2.21. The fraction of sp³-hybridized carbons (Fsp3) is 0.323. The molecule has 0 spiro atoms. The van der Waals surface area contributed by atoms with Gasteiger partial charge in [-0.05, 0) is 66.3 Å². The maximum atomic E-state index is 10.8. The van der Waals surface area contributed by atoms with Crippen molar-refractivity contribution in [1.82, 2.24) is 0 Å². The summed E-state index contributed by atoms with van der Waals surface area (Å²) >= 11 is 0. The predicted octanol–water partition coefficient (Wildman–Crippen LogP) is 6.34. The van der Waals surface area contributed by atoms with Crippen molar-refractivity contribution in [1.29, 1.82) is 0 Å². The van der Waals surface area contributed by atoms with Crippen LogP contribution in [0.2, 0.25) is 0 Å². The molecule has 0 fully saturated rings. The number of hydrogen-bond donors (Lipinski definition) is 0. The number of allylic oxidation sites excluding steroid dienone is 1. The van der Waals surface area contributed by atoms with Gasteiger partial charge in [-0.15, -0.1) is 0 Å². The maximum absolute atomic E-state index is 10.8. The molecule has 5 heteroatoms. The van der Waals surface area contributed by atoms with Crippen LogP contribution in [0.4, 0.5) is 0 Å². The third-order valence-electron chi connectivity index (χ3n) is 6.03. The molecule has 0 saturated heterocycles. The van der Waals surface area contributed by atoms with Crippen molar-refractivity contribution in [2.24, 2.45) is 0 Å². The lowest BCUT2D eigenvalue weighted by Gasteiger charge is -2.24. The fourth-order valence-corrected chi connectivity index (χ4v) is 3.92. The molecule has 0 aliphatic carbocycles. The quantitative estimate of drug-likeness (QED) is 0.174. The fourth-order valence-electron chi connectivity index (χ4n) is 3.92. The summed E-state index contributed by atoms with van der Waals surface area (Å²) in [5, 5.41) is 0. The molecule has 0 N–H and O–H groups in total. The van der Waals surface area contributed by atoms with Gasteiger partial charge in [0.1, 0.15) is 17.8 Å². The average Bonchev–Trinajstić information content (AvgIpc) is 2.94. The number of carbonyl (C=O) groups is 1. The molecule has 2 atom stereocenters. The van der Waals surface area contributed by atoms with E-state index in [0.29, 0.717) is 19.6 Å². The van der Waals surface area contributed by atoms with Gasteiger partial charge in [0.05, 0.1) is 39.6 Å². The lowest BCUT2D eigenvalue weighted by atomic mass is 10.0. The molecular formula is C31H36O5. The number of aldehydes is 1. The van der Waals surface area contributed by atoms with E-state index < -0.39 is 0 Å². The third-order valence-corrected chi connectivity index (χ3v) is 6.03. The molecule has 3 rings (SSSR count). The summed E-state index contributed by atoms with van der Waals surface area (Å²) in [6, 6.07) is 26.3. The Morgan fingerprint density at radius 1 is 0.694 bits per heavy atom. The molecule has 0 aliphatic heterocycles. The summed E-state index contributed by atoms with van der Waals surface area (Å²) in [5.74, 6) is 1.64. The SMILES string of the molecule is COc1ccc(CO[C@@H](C/C=C/C=O)C[C@H](CCc2ccccc2)OCc2ccc(OC)cc2)cc1. The van der Waals surface area contributed by atoms with Crippen LogP contribution in [0.15, 0.2) is 91.0 Å². The number of rotatable bonds is 16. The van der Waals surface area contributed by atoms with E-state index in [4.69, 9.17) is 18.9 Å². The second-order valence-electron chi connectivity index (χ2n) is 8.62. The number of carbonyl (C=O) groups excluding carboxylic acids is 1. The van der Waals surface area contributed by atoms with E-state index in [-0.39, 0.29) is 12.2 Å². The summed E-state index contributed by atoms with van der Waals surface area (Å²) in [6.07, 6.45) is 7.27. The lowest BCUT2D eigenvalue weighted by molar-refractivity contribution is -0.104. The van der Waals surface area contributed by atoms with E-state index in [1.807, 2.05) is 60.7 Å². The molecule has 36 heavy (non-hydrogen) atoms. The Bertz CT molecular complexity index is 1030. The monoisotopic (exact) mass is 488 g/mol.